The molecule has 22 nitrogen and oxygen atoms in total. The van der Waals surface area contributed by atoms with E-state index in [-0.39, 0.29) is 170 Å². The minimum atomic E-state index is -1.19. The van der Waals surface area contributed by atoms with Crippen molar-refractivity contribution in [1.29, 1.82) is 0 Å². The number of ketones is 5. The standard InChI is InChI=1S/C71H126N4O18/c1-54(2)50-71(8,41-39-60(79)69(3,4)5)62(81)38-40-70(6,7)61(80)36-33-55(59(78)35-32-56(51-76)67(72)87)28-25-26-42-73-65(84)53-93-49-46-90-44-27-29-57(77)52-92-48-47-91-45-43-74-63(82)37-34-58(68(88)89)75-64(83)30-23-21-19-17-15-13-11-9-10-12-14-16-18-20-22-24-31-66(85)86/h54-56,58,76H,9-53H2,1-8H3,(H2,72,87)(H,73,84)(H,74,82)(H,75,83)(H,85,86)(H,88,89)/t55-,56+,58+,71+/m1/s1. The van der Waals surface area contributed by atoms with Crippen molar-refractivity contribution >= 4 is 64.5 Å². The largest absolute Gasteiger partial charge is 0.481 e. The lowest BCUT2D eigenvalue weighted by molar-refractivity contribution is -0.142. The van der Waals surface area contributed by atoms with Gasteiger partial charge < -0.3 is 56.0 Å². The Morgan fingerprint density at radius 2 is 0.957 bits per heavy atom. The molecule has 0 fully saturated rings. The monoisotopic (exact) mass is 1320 g/mol. The number of carbonyl (C=O) groups is 11. The number of nitrogens with two attached hydrogens (primary N) is 1. The summed E-state index contributed by atoms with van der Waals surface area (Å²) in [6.07, 6.45) is 22.7. The number of aliphatic carboxylic acids is 2. The maximum atomic E-state index is 13.8. The van der Waals surface area contributed by atoms with E-state index < -0.39 is 58.6 Å². The average Bonchev–Trinajstić information content (AvgIpc) is 0.879. The lowest BCUT2D eigenvalue weighted by Crippen LogP contribution is -2.41. The molecule has 0 aliphatic rings. The number of aliphatic hydroxyl groups excluding tert-OH is 1. The van der Waals surface area contributed by atoms with Gasteiger partial charge in [-0.3, -0.25) is 47.9 Å². The molecular weight excluding hydrogens is 1200 g/mol. The van der Waals surface area contributed by atoms with Crippen LogP contribution in [0.3, 0.4) is 0 Å². The highest BCUT2D eigenvalue weighted by molar-refractivity contribution is 5.90. The Kier molecular flexibility index (Phi) is 50.3. The van der Waals surface area contributed by atoms with Crippen LogP contribution in [-0.2, 0) is 71.7 Å². The van der Waals surface area contributed by atoms with Crippen LogP contribution in [0.25, 0.3) is 0 Å². The zero-order chi connectivity index (χ0) is 69.9. The van der Waals surface area contributed by atoms with Crippen LogP contribution in [-0.4, -0.2) is 158 Å². The maximum Gasteiger partial charge on any atom is 0.326 e. The minimum absolute atomic E-state index is 0.0113. The molecule has 0 aromatic rings. The highest BCUT2D eigenvalue weighted by Gasteiger charge is 2.38. The molecule has 4 atom stereocenters. The second-order valence-corrected chi connectivity index (χ2v) is 27.8. The highest BCUT2D eigenvalue weighted by atomic mass is 16.5. The minimum Gasteiger partial charge on any atom is -0.481 e. The molecule has 0 aliphatic carbocycles. The van der Waals surface area contributed by atoms with Gasteiger partial charge in [0.2, 0.25) is 23.6 Å². The van der Waals surface area contributed by atoms with Gasteiger partial charge in [-0.15, -0.1) is 0 Å². The van der Waals surface area contributed by atoms with E-state index >= 15 is 0 Å². The number of hydrogen-bond acceptors (Lipinski definition) is 16. The van der Waals surface area contributed by atoms with E-state index in [1.165, 1.54) is 57.8 Å². The van der Waals surface area contributed by atoms with Crippen LogP contribution in [0.4, 0.5) is 0 Å². The van der Waals surface area contributed by atoms with Crippen molar-refractivity contribution in [1.82, 2.24) is 16.0 Å². The number of ether oxygens (including phenoxy) is 4. The molecule has 0 saturated carbocycles. The number of primary amides is 1. The number of aliphatic hydroxyl groups is 1. The van der Waals surface area contributed by atoms with Crippen LogP contribution in [0, 0.1) is 34.0 Å². The SMILES string of the molecule is CC(C)C[C@](C)(CCC(=O)C(C)(C)C)C(=O)CCC(C)(C)C(=O)CC[C@@H](CCCCNC(=O)COCCOCCCC(=O)COCCOCCNC(=O)CC[C@H](NC(=O)CCCCCCCCCCCCCCCCCCC(=O)O)C(=O)O)C(=O)CC[C@@H](CO)C(N)=O. The van der Waals surface area contributed by atoms with Gasteiger partial charge in [-0.05, 0) is 76.5 Å². The van der Waals surface area contributed by atoms with Crippen LogP contribution >= 0.6 is 0 Å². The lowest BCUT2D eigenvalue weighted by atomic mass is 9.70. The molecule has 0 aliphatic heterocycles. The molecule has 0 saturated heterocycles. The quantitative estimate of drug-likeness (QED) is 0.0278. The Morgan fingerprint density at radius 3 is 1.49 bits per heavy atom. The first-order valence-electron chi connectivity index (χ1n) is 35.2. The normalized spacial score (nSPS) is 13.4. The average molecular weight is 1320 g/mol. The predicted octanol–water partition coefficient (Wildman–Crippen LogP) is 10.5. The molecule has 93 heavy (non-hydrogen) atoms. The Hall–Kier alpha value is -5.03. The summed E-state index contributed by atoms with van der Waals surface area (Å²) >= 11 is 0. The van der Waals surface area contributed by atoms with Gasteiger partial charge in [-0.25, -0.2) is 4.79 Å². The molecule has 0 aromatic carbocycles. The molecule has 0 spiro atoms. The third-order valence-corrected chi connectivity index (χ3v) is 17.2. The Morgan fingerprint density at radius 1 is 0.441 bits per heavy atom. The lowest BCUT2D eigenvalue weighted by Gasteiger charge is -2.32. The second kappa shape index (κ2) is 53.2. The number of hydrogen-bond donors (Lipinski definition) is 7. The summed E-state index contributed by atoms with van der Waals surface area (Å²) in [5, 5.41) is 35.9. The third kappa shape index (κ3) is 48.3. The van der Waals surface area contributed by atoms with Gasteiger partial charge >= 0.3 is 11.9 Å². The van der Waals surface area contributed by atoms with Gasteiger partial charge in [0, 0.05) is 93.2 Å². The number of carboxylic acids is 2. The molecule has 0 unspecified atom stereocenters. The molecule has 22 heteroatoms. The van der Waals surface area contributed by atoms with Crippen molar-refractivity contribution in [3.8, 4) is 0 Å². The predicted molar refractivity (Wildman–Crippen MR) is 358 cm³/mol. The van der Waals surface area contributed by atoms with E-state index in [1.54, 1.807) is 0 Å². The molecule has 538 valence electrons. The number of carbonyl (C=O) groups excluding carboxylic acids is 9. The summed E-state index contributed by atoms with van der Waals surface area (Å²) in [5.41, 5.74) is 3.37. The van der Waals surface area contributed by atoms with Crippen molar-refractivity contribution in [2.45, 2.75) is 280 Å². The molecule has 0 bridgehead atoms. The number of Topliss-reactive ketones (excluding diaryl/α,β-unsaturated/α-hetero) is 5. The molecule has 0 aromatic heterocycles. The van der Waals surface area contributed by atoms with Crippen LogP contribution in [0.15, 0.2) is 0 Å². The molecule has 4 amide bonds. The van der Waals surface area contributed by atoms with Gasteiger partial charge in [0.15, 0.2) is 5.78 Å². The fourth-order valence-corrected chi connectivity index (χ4v) is 11.1. The number of carboxylic acid groups (broad SMARTS) is 2. The van der Waals surface area contributed by atoms with Gasteiger partial charge in [-0.2, -0.15) is 0 Å². The zero-order valence-corrected chi connectivity index (χ0v) is 58.7. The van der Waals surface area contributed by atoms with Crippen molar-refractivity contribution in [2.24, 2.45) is 39.7 Å². The summed E-state index contributed by atoms with van der Waals surface area (Å²) < 4.78 is 21.8. The van der Waals surface area contributed by atoms with Crippen molar-refractivity contribution in [2.75, 3.05) is 72.6 Å². The Labute approximate surface area is 557 Å². The van der Waals surface area contributed by atoms with E-state index in [4.69, 9.17) is 29.8 Å². The fraction of sp³-hybridized carbons (Fsp3) is 0.845. The van der Waals surface area contributed by atoms with Gasteiger partial charge in [0.1, 0.15) is 42.4 Å². The summed E-state index contributed by atoms with van der Waals surface area (Å²) in [5.74, 6) is -4.93. The van der Waals surface area contributed by atoms with Crippen LogP contribution in [0.5, 0.6) is 0 Å². The van der Waals surface area contributed by atoms with E-state index in [9.17, 15) is 63.0 Å². The zero-order valence-electron chi connectivity index (χ0n) is 58.7. The fourth-order valence-electron chi connectivity index (χ4n) is 11.1. The summed E-state index contributed by atoms with van der Waals surface area (Å²) in [6.45, 7) is 16.3. The molecule has 0 radical (unpaired) electrons. The first-order chi connectivity index (χ1) is 44.0. The van der Waals surface area contributed by atoms with E-state index in [0.29, 0.717) is 70.9 Å². The first-order valence-corrected chi connectivity index (χ1v) is 35.2. The molecule has 0 heterocycles. The number of amides is 4. The molecular formula is C71H126N4O18. The summed E-state index contributed by atoms with van der Waals surface area (Å²) in [6, 6.07) is -1.16. The van der Waals surface area contributed by atoms with Crippen LogP contribution < -0.4 is 21.7 Å². The van der Waals surface area contributed by atoms with Crippen LogP contribution in [0.2, 0.25) is 0 Å². The topological polar surface area (TPSA) is 347 Å². The van der Waals surface area contributed by atoms with E-state index in [2.05, 4.69) is 29.8 Å². The third-order valence-electron chi connectivity index (χ3n) is 17.2. The maximum absolute atomic E-state index is 13.8. The van der Waals surface area contributed by atoms with Gasteiger partial charge in [0.25, 0.3) is 0 Å². The van der Waals surface area contributed by atoms with Gasteiger partial charge in [-0.1, -0.05) is 152 Å². The number of rotatable bonds is 65. The number of nitrogens with one attached hydrogen (secondary N) is 3. The van der Waals surface area contributed by atoms with Gasteiger partial charge in [0.05, 0.1) is 45.6 Å². The second-order valence-electron chi connectivity index (χ2n) is 27.8. The van der Waals surface area contributed by atoms with Crippen molar-refractivity contribution in [3.05, 3.63) is 0 Å². The number of unbranched alkanes of at least 4 members (excludes halogenated alkanes) is 16. The Balaban J connectivity index is 4.30. The van der Waals surface area contributed by atoms with E-state index in [0.717, 1.165) is 38.5 Å². The summed E-state index contributed by atoms with van der Waals surface area (Å²) in [7, 11) is 0. The Bertz CT molecular complexity index is 2160. The molecule has 8 N–H and O–H groups in total. The summed E-state index contributed by atoms with van der Waals surface area (Å²) in [4.78, 5) is 137. The smallest absolute Gasteiger partial charge is 0.326 e. The van der Waals surface area contributed by atoms with Crippen molar-refractivity contribution in [3.63, 3.8) is 0 Å². The molecule has 0 rings (SSSR count). The van der Waals surface area contributed by atoms with E-state index in [1.807, 2.05) is 41.5 Å². The van der Waals surface area contributed by atoms with Crippen molar-refractivity contribution < 1.29 is 87.0 Å². The van der Waals surface area contributed by atoms with Crippen LogP contribution in [0.1, 0.15) is 274 Å². The highest BCUT2D eigenvalue weighted by Crippen LogP contribution is 2.38. The first kappa shape index (κ1) is 88.0.